The highest BCUT2D eigenvalue weighted by Gasteiger charge is 2.27. The van der Waals surface area contributed by atoms with Crippen molar-refractivity contribution in [1.29, 1.82) is 0 Å². The lowest BCUT2D eigenvalue weighted by atomic mass is 10.2. The molecule has 0 aromatic rings. The maximum Gasteiger partial charge on any atom is 0.225 e. The molecule has 0 bridgehead atoms. The van der Waals surface area contributed by atoms with E-state index >= 15 is 0 Å². The molecule has 6 heteroatoms. The zero-order chi connectivity index (χ0) is 16.5. The first-order valence-corrected chi connectivity index (χ1v) is 8.50. The van der Waals surface area contributed by atoms with E-state index in [1.165, 1.54) is 0 Å². The van der Waals surface area contributed by atoms with Gasteiger partial charge in [0.1, 0.15) is 0 Å². The first-order chi connectivity index (χ1) is 10.5. The van der Waals surface area contributed by atoms with Crippen molar-refractivity contribution >= 4 is 11.9 Å². The van der Waals surface area contributed by atoms with E-state index in [9.17, 15) is 4.79 Å². The van der Waals surface area contributed by atoms with Gasteiger partial charge in [0.2, 0.25) is 5.91 Å². The number of aliphatic imine (C=N–C) groups is 1. The van der Waals surface area contributed by atoms with Crippen LogP contribution in [0.2, 0.25) is 0 Å². The number of rotatable bonds is 7. The van der Waals surface area contributed by atoms with Crippen molar-refractivity contribution < 1.29 is 4.79 Å². The Labute approximate surface area is 135 Å². The SMILES string of the molecule is CCN(CC)CCNC(=NC)NC1CCN(C(=O)C(C)C)C1. The van der Waals surface area contributed by atoms with Gasteiger partial charge in [-0.2, -0.15) is 0 Å². The normalized spacial score (nSPS) is 19.1. The molecular formula is C16H33N5O. The Balaban J connectivity index is 2.34. The van der Waals surface area contributed by atoms with Crippen LogP contribution in [0.5, 0.6) is 0 Å². The van der Waals surface area contributed by atoms with Crippen LogP contribution in [0.15, 0.2) is 4.99 Å². The molecule has 0 aliphatic carbocycles. The van der Waals surface area contributed by atoms with E-state index in [1.54, 1.807) is 7.05 Å². The topological polar surface area (TPSA) is 60.0 Å². The molecule has 0 aromatic carbocycles. The molecule has 1 amide bonds. The van der Waals surface area contributed by atoms with Crippen molar-refractivity contribution in [1.82, 2.24) is 20.4 Å². The summed E-state index contributed by atoms with van der Waals surface area (Å²) in [4.78, 5) is 20.6. The lowest BCUT2D eigenvalue weighted by molar-refractivity contribution is -0.133. The third-order valence-electron chi connectivity index (χ3n) is 4.17. The summed E-state index contributed by atoms with van der Waals surface area (Å²) in [5.41, 5.74) is 0. The summed E-state index contributed by atoms with van der Waals surface area (Å²) >= 11 is 0. The van der Waals surface area contributed by atoms with Gasteiger partial charge in [-0.3, -0.25) is 9.79 Å². The average Bonchev–Trinajstić information content (AvgIpc) is 2.97. The second-order valence-corrected chi connectivity index (χ2v) is 6.09. The van der Waals surface area contributed by atoms with Crippen LogP contribution in [0.4, 0.5) is 0 Å². The van der Waals surface area contributed by atoms with Crippen molar-refractivity contribution in [3.8, 4) is 0 Å². The molecule has 6 nitrogen and oxygen atoms in total. The molecule has 128 valence electrons. The molecule has 1 rings (SSSR count). The van der Waals surface area contributed by atoms with Crippen LogP contribution in [0, 0.1) is 5.92 Å². The van der Waals surface area contributed by atoms with E-state index in [2.05, 4.69) is 34.4 Å². The number of hydrogen-bond donors (Lipinski definition) is 2. The van der Waals surface area contributed by atoms with Gasteiger partial charge in [0, 0.05) is 45.2 Å². The molecule has 1 heterocycles. The van der Waals surface area contributed by atoms with Crippen molar-refractivity contribution in [3.63, 3.8) is 0 Å². The largest absolute Gasteiger partial charge is 0.355 e. The van der Waals surface area contributed by atoms with Gasteiger partial charge in [-0.05, 0) is 19.5 Å². The standard InChI is InChI=1S/C16H33N5O/c1-6-20(7-2)11-9-18-16(17-5)19-14-8-10-21(12-14)15(22)13(3)4/h13-14H,6-12H2,1-5H3,(H2,17,18,19). The molecule has 1 atom stereocenters. The number of carbonyl (C=O) groups excluding carboxylic acids is 1. The molecule has 1 aliphatic rings. The number of likely N-dealkylation sites (tertiary alicyclic amines) is 1. The van der Waals surface area contributed by atoms with Crippen LogP contribution in [0.25, 0.3) is 0 Å². The van der Waals surface area contributed by atoms with Crippen molar-refractivity contribution in [2.45, 2.75) is 40.2 Å². The van der Waals surface area contributed by atoms with Crippen LogP contribution in [0.3, 0.4) is 0 Å². The molecule has 1 unspecified atom stereocenters. The first-order valence-electron chi connectivity index (χ1n) is 8.50. The van der Waals surface area contributed by atoms with Crippen molar-refractivity contribution in [3.05, 3.63) is 0 Å². The van der Waals surface area contributed by atoms with E-state index in [4.69, 9.17) is 0 Å². The number of nitrogens with zero attached hydrogens (tertiary/aromatic N) is 3. The highest BCUT2D eigenvalue weighted by Crippen LogP contribution is 2.12. The molecule has 1 fully saturated rings. The monoisotopic (exact) mass is 311 g/mol. The van der Waals surface area contributed by atoms with E-state index < -0.39 is 0 Å². The smallest absolute Gasteiger partial charge is 0.225 e. The number of guanidine groups is 1. The van der Waals surface area contributed by atoms with E-state index in [0.717, 1.165) is 51.6 Å². The lowest BCUT2D eigenvalue weighted by Gasteiger charge is -2.22. The number of nitrogens with one attached hydrogen (secondary N) is 2. The van der Waals surface area contributed by atoms with Gasteiger partial charge in [0.25, 0.3) is 0 Å². The Morgan fingerprint density at radius 1 is 1.36 bits per heavy atom. The van der Waals surface area contributed by atoms with Crippen molar-refractivity contribution in [2.75, 3.05) is 46.3 Å². The van der Waals surface area contributed by atoms with Crippen LogP contribution < -0.4 is 10.6 Å². The summed E-state index contributed by atoms with van der Waals surface area (Å²) in [6.45, 7) is 13.9. The van der Waals surface area contributed by atoms with Gasteiger partial charge in [-0.25, -0.2) is 0 Å². The quantitative estimate of drug-likeness (QED) is 0.538. The summed E-state index contributed by atoms with van der Waals surface area (Å²) in [6, 6.07) is 0.294. The number of carbonyl (C=O) groups is 1. The van der Waals surface area contributed by atoms with Crippen LogP contribution >= 0.6 is 0 Å². The number of amides is 1. The zero-order valence-corrected chi connectivity index (χ0v) is 14.9. The summed E-state index contributed by atoms with van der Waals surface area (Å²) < 4.78 is 0. The Morgan fingerprint density at radius 2 is 2.05 bits per heavy atom. The molecular weight excluding hydrogens is 278 g/mol. The molecule has 0 spiro atoms. The lowest BCUT2D eigenvalue weighted by Crippen LogP contribution is -2.47. The summed E-state index contributed by atoms with van der Waals surface area (Å²) in [6.07, 6.45) is 0.981. The molecule has 1 aliphatic heterocycles. The Bertz CT molecular complexity index is 366. The third kappa shape index (κ3) is 5.83. The summed E-state index contributed by atoms with van der Waals surface area (Å²) in [5, 5.41) is 6.78. The first kappa shape index (κ1) is 18.7. The zero-order valence-electron chi connectivity index (χ0n) is 14.9. The van der Waals surface area contributed by atoms with Crippen LogP contribution in [0.1, 0.15) is 34.1 Å². The molecule has 0 aromatic heterocycles. The fourth-order valence-corrected chi connectivity index (χ4v) is 2.70. The summed E-state index contributed by atoms with van der Waals surface area (Å²) in [5.74, 6) is 1.15. The van der Waals surface area contributed by atoms with Crippen LogP contribution in [-0.2, 0) is 4.79 Å². The van der Waals surface area contributed by atoms with Crippen LogP contribution in [-0.4, -0.2) is 74.0 Å². The Morgan fingerprint density at radius 3 is 2.59 bits per heavy atom. The molecule has 0 radical (unpaired) electrons. The predicted molar refractivity (Wildman–Crippen MR) is 92.1 cm³/mol. The predicted octanol–water partition coefficient (Wildman–Crippen LogP) is 0.750. The van der Waals surface area contributed by atoms with Gasteiger partial charge < -0.3 is 20.4 Å². The maximum atomic E-state index is 12.0. The van der Waals surface area contributed by atoms with Gasteiger partial charge in [0.05, 0.1) is 0 Å². The second kappa shape index (κ2) is 9.66. The Kier molecular flexibility index (Phi) is 8.24. The molecule has 0 saturated carbocycles. The minimum absolute atomic E-state index is 0.0743. The highest BCUT2D eigenvalue weighted by molar-refractivity contribution is 5.81. The van der Waals surface area contributed by atoms with Gasteiger partial charge in [0.15, 0.2) is 5.96 Å². The number of likely N-dealkylation sites (N-methyl/N-ethyl adjacent to an activating group) is 1. The fourth-order valence-electron chi connectivity index (χ4n) is 2.70. The van der Waals surface area contributed by atoms with Crippen molar-refractivity contribution in [2.24, 2.45) is 10.9 Å². The Hall–Kier alpha value is -1.30. The van der Waals surface area contributed by atoms with E-state index in [0.29, 0.717) is 6.04 Å². The molecule has 22 heavy (non-hydrogen) atoms. The minimum atomic E-state index is 0.0743. The highest BCUT2D eigenvalue weighted by atomic mass is 16.2. The molecule has 1 saturated heterocycles. The van der Waals surface area contributed by atoms with Gasteiger partial charge >= 0.3 is 0 Å². The van der Waals surface area contributed by atoms with Gasteiger partial charge in [-0.15, -0.1) is 0 Å². The van der Waals surface area contributed by atoms with E-state index in [1.807, 2.05) is 18.7 Å². The second-order valence-electron chi connectivity index (χ2n) is 6.09. The maximum absolute atomic E-state index is 12.0. The van der Waals surface area contributed by atoms with E-state index in [-0.39, 0.29) is 11.8 Å². The molecule has 2 N–H and O–H groups in total. The fraction of sp³-hybridized carbons (Fsp3) is 0.875. The third-order valence-corrected chi connectivity index (χ3v) is 4.17. The minimum Gasteiger partial charge on any atom is -0.355 e. The average molecular weight is 311 g/mol. The summed E-state index contributed by atoms with van der Waals surface area (Å²) in [7, 11) is 1.79. The van der Waals surface area contributed by atoms with Gasteiger partial charge in [-0.1, -0.05) is 27.7 Å². The number of hydrogen-bond acceptors (Lipinski definition) is 3.